The fourth-order valence-corrected chi connectivity index (χ4v) is 3.31. The van der Waals surface area contributed by atoms with E-state index in [2.05, 4.69) is 39.3 Å². The Balaban J connectivity index is 1.57. The highest BCUT2D eigenvalue weighted by Gasteiger charge is 2.07. The molecule has 5 rings (SSSR count). The summed E-state index contributed by atoms with van der Waals surface area (Å²) in [5, 5.41) is 0. The molecule has 0 unspecified atom stereocenters. The Morgan fingerprint density at radius 3 is 2.85 bits per heavy atom. The fraction of sp³-hybridized carbons (Fsp3) is 0.0476. The second-order valence-corrected chi connectivity index (χ2v) is 6.36. The van der Waals surface area contributed by atoms with Crippen LogP contribution in [0, 0.1) is 0 Å². The molecule has 0 aliphatic carbocycles. The molecule has 130 valence electrons. The van der Waals surface area contributed by atoms with Crippen LogP contribution >= 0.6 is 0 Å². The van der Waals surface area contributed by atoms with E-state index in [-0.39, 0.29) is 5.56 Å². The average Bonchev–Trinajstić information content (AvgIpc) is 3.18. The summed E-state index contributed by atoms with van der Waals surface area (Å²) in [4.78, 5) is 24.9. The quantitative estimate of drug-likeness (QED) is 0.500. The number of pyridine rings is 2. The van der Waals surface area contributed by atoms with E-state index < -0.39 is 0 Å². The zero-order chi connectivity index (χ0) is 18.2. The van der Waals surface area contributed by atoms with Crippen molar-refractivity contribution in [3.05, 3.63) is 95.6 Å². The van der Waals surface area contributed by atoms with Crippen LogP contribution in [0.2, 0.25) is 0 Å². The molecule has 1 aromatic carbocycles. The number of rotatable bonds is 3. The molecule has 0 spiro atoms. The fourth-order valence-electron chi connectivity index (χ4n) is 3.31. The van der Waals surface area contributed by atoms with Crippen LogP contribution in [0.25, 0.3) is 27.8 Å². The van der Waals surface area contributed by atoms with Crippen molar-refractivity contribution >= 4 is 16.7 Å². The van der Waals surface area contributed by atoms with Gasteiger partial charge in [-0.2, -0.15) is 0 Å². The maximum absolute atomic E-state index is 12.4. The molecule has 0 saturated carbocycles. The first-order valence-electron chi connectivity index (χ1n) is 8.59. The minimum atomic E-state index is -0.126. The van der Waals surface area contributed by atoms with Gasteiger partial charge < -0.3 is 8.97 Å². The van der Waals surface area contributed by atoms with Gasteiger partial charge >= 0.3 is 0 Å². The van der Waals surface area contributed by atoms with Crippen molar-refractivity contribution in [3.8, 4) is 11.1 Å². The van der Waals surface area contributed by atoms with E-state index in [0.717, 1.165) is 27.9 Å². The molecule has 6 nitrogen and oxygen atoms in total. The van der Waals surface area contributed by atoms with Gasteiger partial charge in [0.25, 0.3) is 5.56 Å². The number of hydrogen-bond donors (Lipinski definition) is 0. The first kappa shape index (κ1) is 15.5. The van der Waals surface area contributed by atoms with Gasteiger partial charge in [-0.25, -0.2) is 9.97 Å². The number of aromatic nitrogens is 5. The van der Waals surface area contributed by atoms with Crippen molar-refractivity contribution in [1.82, 2.24) is 23.9 Å². The molecule has 0 aliphatic rings. The zero-order valence-electron chi connectivity index (χ0n) is 14.4. The summed E-state index contributed by atoms with van der Waals surface area (Å²) in [6.07, 6.45) is 10.5. The average molecular weight is 353 g/mol. The Bertz CT molecular complexity index is 1340. The molecule has 0 bridgehead atoms. The van der Waals surface area contributed by atoms with Gasteiger partial charge in [-0.1, -0.05) is 18.2 Å². The molecule has 5 aromatic rings. The molecular weight excluding hydrogens is 338 g/mol. The third-order valence-electron chi connectivity index (χ3n) is 4.64. The molecule has 4 aromatic heterocycles. The highest BCUT2D eigenvalue weighted by Crippen LogP contribution is 2.22. The molecule has 0 amide bonds. The van der Waals surface area contributed by atoms with Crippen LogP contribution in [-0.2, 0) is 6.54 Å². The highest BCUT2D eigenvalue weighted by molar-refractivity contribution is 5.73. The van der Waals surface area contributed by atoms with Gasteiger partial charge in [0.2, 0.25) is 0 Å². The van der Waals surface area contributed by atoms with Gasteiger partial charge in [0.05, 0.1) is 24.5 Å². The van der Waals surface area contributed by atoms with Crippen LogP contribution in [0.5, 0.6) is 0 Å². The standard InChI is InChI=1S/C21H15N5O/c27-21-12-24-18-11-22-7-6-19(18)26(21)13-15-2-1-3-16(10-15)17-4-5-20-23-8-9-25(20)14-17/h1-12,14H,13H2. The summed E-state index contributed by atoms with van der Waals surface area (Å²) in [5.74, 6) is 0. The third kappa shape index (κ3) is 2.77. The molecule has 6 heteroatoms. The number of nitrogens with zero attached hydrogens (tertiary/aromatic N) is 5. The molecule has 0 saturated heterocycles. The SMILES string of the molecule is O=c1cnc2cnccc2n1Cc1cccc(-c2ccc3nccn3c2)c1. The topological polar surface area (TPSA) is 65.1 Å². The highest BCUT2D eigenvalue weighted by atomic mass is 16.1. The Kier molecular flexibility index (Phi) is 3.53. The van der Waals surface area contributed by atoms with E-state index in [0.29, 0.717) is 12.1 Å². The molecule has 0 N–H and O–H groups in total. The summed E-state index contributed by atoms with van der Waals surface area (Å²) in [6.45, 7) is 0.475. The van der Waals surface area contributed by atoms with E-state index in [4.69, 9.17) is 0 Å². The van der Waals surface area contributed by atoms with Crippen molar-refractivity contribution in [2.45, 2.75) is 6.54 Å². The van der Waals surface area contributed by atoms with Gasteiger partial charge in [0.15, 0.2) is 0 Å². The lowest BCUT2D eigenvalue weighted by Crippen LogP contribution is -2.21. The van der Waals surface area contributed by atoms with Crippen molar-refractivity contribution in [2.24, 2.45) is 0 Å². The van der Waals surface area contributed by atoms with Crippen molar-refractivity contribution < 1.29 is 0 Å². The molecular formula is C21H15N5O. The summed E-state index contributed by atoms with van der Waals surface area (Å²) in [5.41, 5.74) is 5.51. The minimum absolute atomic E-state index is 0.126. The van der Waals surface area contributed by atoms with Gasteiger partial charge in [0.1, 0.15) is 11.2 Å². The van der Waals surface area contributed by atoms with Crippen LogP contribution in [0.1, 0.15) is 5.56 Å². The monoisotopic (exact) mass is 353 g/mol. The predicted molar refractivity (Wildman–Crippen MR) is 104 cm³/mol. The molecule has 27 heavy (non-hydrogen) atoms. The normalized spacial score (nSPS) is 11.3. The predicted octanol–water partition coefficient (Wildman–Crippen LogP) is 3.15. The van der Waals surface area contributed by atoms with Crippen LogP contribution in [0.15, 0.2) is 84.4 Å². The van der Waals surface area contributed by atoms with E-state index in [1.54, 1.807) is 23.2 Å². The summed E-state index contributed by atoms with van der Waals surface area (Å²) in [7, 11) is 0. The molecule has 0 radical (unpaired) electrons. The second kappa shape index (κ2) is 6.17. The van der Waals surface area contributed by atoms with Crippen molar-refractivity contribution in [2.75, 3.05) is 0 Å². The van der Waals surface area contributed by atoms with Crippen LogP contribution in [-0.4, -0.2) is 23.9 Å². The summed E-state index contributed by atoms with van der Waals surface area (Å²) in [6, 6.07) is 14.1. The number of imidazole rings is 1. The van der Waals surface area contributed by atoms with Gasteiger partial charge in [0, 0.05) is 24.8 Å². The molecule has 0 fully saturated rings. The van der Waals surface area contributed by atoms with Crippen LogP contribution in [0.4, 0.5) is 0 Å². The third-order valence-corrected chi connectivity index (χ3v) is 4.64. The van der Waals surface area contributed by atoms with Crippen molar-refractivity contribution in [1.29, 1.82) is 0 Å². The van der Waals surface area contributed by atoms with Crippen LogP contribution in [0.3, 0.4) is 0 Å². The lowest BCUT2D eigenvalue weighted by atomic mass is 10.0. The molecule has 4 heterocycles. The Morgan fingerprint density at radius 1 is 0.926 bits per heavy atom. The zero-order valence-corrected chi connectivity index (χ0v) is 14.4. The van der Waals surface area contributed by atoms with Gasteiger partial charge in [-0.3, -0.25) is 9.78 Å². The Hall–Kier alpha value is -3.80. The minimum Gasteiger partial charge on any atom is -0.306 e. The van der Waals surface area contributed by atoms with Gasteiger partial charge in [-0.05, 0) is 41.0 Å². The molecule has 0 atom stereocenters. The van der Waals surface area contributed by atoms with Crippen molar-refractivity contribution in [3.63, 3.8) is 0 Å². The number of benzene rings is 1. The number of hydrogen-bond acceptors (Lipinski definition) is 4. The first-order valence-corrected chi connectivity index (χ1v) is 8.59. The lowest BCUT2D eigenvalue weighted by Gasteiger charge is -2.11. The largest absolute Gasteiger partial charge is 0.306 e. The Labute approximate surface area is 154 Å². The van der Waals surface area contributed by atoms with E-state index in [1.165, 1.54) is 6.20 Å². The lowest BCUT2D eigenvalue weighted by molar-refractivity contribution is 0.786. The van der Waals surface area contributed by atoms with E-state index >= 15 is 0 Å². The maximum atomic E-state index is 12.4. The van der Waals surface area contributed by atoms with Crippen LogP contribution < -0.4 is 5.56 Å². The van der Waals surface area contributed by atoms with Gasteiger partial charge in [-0.15, -0.1) is 0 Å². The maximum Gasteiger partial charge on any atom is 0.269 e. The number of fused-ring (bicyclic) bond motifs is 2. The van der Waals surface area contributed by atoms with E-state index in [9.17, 15) is 4.79 Å². The van der Waals surface area contributed by atoms with E-state index in [1.807, 2.05) is 34.9 Å². The molecule has 0 aliphatic heterocycles. The first-order chi connectivity index (χ1) is 13.3. The summed E-state index contributed by atoms with van der Waals surface area (Å²) >= 11 is 0. The second-order valence-electron chi connectivity index (χ2n) is 6.36. The summed E-state index contributed by atoms with van der Waals surface area (Å²) < 4.78 is 3.72. The smallest absolute Gasteiger partial charge is 0.269 e. The Morgan fingerprint density at radius 2 is 1.89 bits per heavy atom.